The summed E-state index contributed by atoms with van der Waals surface area (Å²) >= 11 is 0. The summed E-state index contributed by atoms with van der Waals surface area (Å²) in [6, 6.07) is 12.3. The number of amides is 2. The molecule has 6 heteroatoms. The van der Waals surface area contributed by atoms with Crippen LogP contribution in [-0.2, 0) is 22.6 Å². The molecule has 4 rings (SSSR count). The second kappa shape index (κ2) is 7.33. The smallest absolute Gasteiger partial charge is 0.309 e. The maximum Gasteiger partial charge on any atom is 0.309 e. The minimum Gasteiger partial charge on any atom is -0.468 e. The summed E-state index contributed by atoms with van der Waals surface area (Å²) in [4.78, 5) is 26.3. The first-order valence-electron chi connectivity index (χ1n) is 9.13. The van der Waals surface area contributed by atoms with Crippen molar-refractivity contribution in [2.24, 2.45) is 0 Å². The van der Waals surface area contributed by atoms with Crippen molar-refractivity contribution in [3.8, 4) is 0 Å². The molecule has 1 atom stereocenters. The van der Waals surface area contributed by atoms with E-state index < -0.39 is 11.8 Å². The summed E-state index contributed by atoms with van der Waals surface area (Å²) in [7, 11) is 0. The molecule has 1 aromatic heterocycles. The fourth-order valence-corrected chi connectivity index (χ4v) is 3.42. The molecule has 136 valence electrons. The molecule has 0 spiro atoms. The Balaban J connectivity index is 1.43. The molecule has 1 saturated carbocycles. The number of benzene rings is 1. The molecular weight excluding hydrogens is 330 g/mol. The van der Waals surface area contributed by atoms with Crippen LogP contribution >= 0.6 is 0 Å². The van der Waals surface area contributed by atoms with Crippen LogP contribution in [0.2, 0.25) is 0 Å². The van der Waals surface area contributed by atoms with Crippen LogP contribution in [0.1, 0.15) is 35.8 Å². The third kappa shape index (κ3) is 3.80. The number of hydrogen-bond donors (Lipinski definition) is 2. The SMILES string of the molecule is O=C(NC[C@H](c1ccco1)N1CCc2ccccc2C1)C(=O)NC1CC1. The van der Waals surface area contributed by atoms with Crippen LogP contribution in [0, 0.1) is 0 Å². The summed E-state index contributed by atoms with van der Waals surface area (Å²) in [5, 5.41) is 5.49. The number of fused-ring (bicyclic) bond motifs is 1. The maximum absolute atomic E-state index is 12.1. The molecule has 2 amide bonds. The Kier molecular flexibility index (Phi) is 4.75. The number of carbonyl (C=O) groups excluding carboxylic acids is 2. The van der Waals surface area contributed by atoms with Gasteiger partial charge >= 0.3 is 11.8 Å². The molecule has 2 aromatic rings. The van der Waals surface area contributed by atoms with Crippen LogP contribution in [-0.4, -0.2) is 35.8 Å². The third-order valence-electron chi connectivity index (χ3n) is 5.05. The summed E-state index contributed by atoms with van der Waals surface area (Å²) in [5.74, 6) is -0.326. The highest BCUT2D eigenvalue weighted by Gasteiger charge is 2.29. The molecule has 1 aliphatic heterocycles. The van der Waals surface area contributed by atoms with Gasteiger partial charge in [-0.05, 0) is 42.5 Å². The van der Waals surface area contributed by atoms with Gasteiger partial charge in [0.2, 0.25) is 0 Å². The first kappa shape index (κ1) is 16.8. The van der Waals surface area contributed by atoms with Crippen LogP contribution < -0.4 is 10.6 Å². The molecule has 0 radical (unpaired) electrons. The van der Waals surface area contributed by atoms with Crippen LogP contribution in [0.3, 0.4) is 0 Å². The van der Waals surface area contributed by atoms with Gasteiger partial charge in [0.15, 0.2) is 0 Å². The van der Waals surface area contributed by atoms with E-state index in [1.807, 2.05) is 18.2 Å². The molecule has 2 heterocycles. The second-order valence-corrected chi connectivity index (χ2v) is 6.98. The quantitative estimate of drug-likeness (QED) is 0.804. The number of rotatable bonds is 5. The van der Waals surface area contributed by atoms with Gasteiger partial charge in [-0.3, -0.25) is 14.5 Å². The highest BCUT2D eigenvalue weighted by Crippen LogP contribution is 2.27. The van der Waals surface area contributed by atoms with Gasteiger partial charge in [0.05, 0.1) is 12.3 Å². The van der Waals surface area contributed by atoms with Crippen molar-refractivity contribution >= 4 is 11.8 Å². The van der Waals surface area contributed by atoms with Crippen molar-refractivity contribution in [2.45, 2.75) is 37.9 Å². The minimum atomic E-state index is -0.578. The van der Waals surface area contributed by atoms with Gasteiger partial charge in [-0.25, -0.2) is 0 Å². The van der Waals surface area contributed by atoms with E-state index in [0.29, 0.717) is 6.54 Å². The Morgan fingerprint density at radius 1 is 1.12 bits per heavy atom. The van der Waals surface area contributed by atoms with E-state index in [2.05, 4.69) is 33.7 Å². The van der Waals surface area contributed by atoms with Crippen molar-refractivity contribution in [3.05, 3.63) is 59.5 Å². The standard InChI is InChI=1S/C20H23N3O3/c24-19(20(25)22-16-7-8-16)21-12-17(18-6-3-11-26-18)23-10-9-14-4-1-2-5-15(14)13-23/h1-6,11,16-17H,7-10,12-13H2,(H,21,24)(H,22,25)/t17-/m1/s1. The Morgan fingerprint density at radius 3 is 2.65 bits per heavy atom. The topological polar surface area (TPSA) is 74.6 Å². The van der Waals surface area contributed by atoms with E-state index in [9.17, 15) is 9.59 Å². The number of nitrogens with one attached hydrogen (secondary N) is 2. The average molecular weight is 353 g/mol. The van der Waals surface area contributed by atoms with E-state index in [0.717, 1.165) is 38.1 Å². The van der Waals surface area contributed by atoms with E-state index in [1.165, 1.54) is 11.1 Å². The van der Waals surface area contributed by atoms with E-state index in [-0.39, 0.29) is 12.1 Å². The highest BCUT2D eigenvalue weighted by atomic mass is 16.3. The van der Waals surface area contributed by atoms with Crippen molar-refractivity contribution in [1.29, 1.82) is 0 Å². The van der Waals surface area contributed by atoms with Crippen molar-refractivity contribution in [1.82, 2.24) is 15.5 Å². The zero-order chi connectivity index (χ0) is 17.9. The molecule has 0 bridgehead atoms. The molecule has 1 aromatic carbocycles. The van der Waals surface area contributed by atoms with Gasteiger partial charge in [0.25, 0.3) is 0 Å². The summed E-state index contributed by atoms with van der Waals surface area (Å²) < 4.78 is 5.61. The van der Waals surface area contributed by atoms with Gasteiger partial charge < -0.3 is 15.1 Å². The maximum atomic E-state index is 12.1. The molecule has 1 aliphatic carbocycles. The van der Waals surface area contributed by atoms with E-state index in [1.54, 1.807) is 6.26 Å². The molecular formula is C20H23N3O3. The van der Waals surface area contributed by atoms with Crippen molar-refractivity contribution in [2.75, 3.05) is 13.1 Å². The number of carbonyl (C=O) groups is 2. The Labute approximate surface area is 152 Å². The molecule has 26 heavy (non-hydrogen) atoms. The monoisotopic (exact) mass is 353 g/mol. The van der Waals surface area contributed by atoms with Crippen LogP contribution in [0.4, 0.5) is 0 Å². The minimum absolute atomic E-state index is 0.101. The van der Waals surface area contributed by atoms with Gasteiger partial charge in [-0.1, -0.05) is 24.3 Å². The normalized spacial score (nSPS) is 18.0. The molecule has 0 saturated heterocycles. The summed E-state index contributed by atoms with van der Waals surface area (Å²) in [6.45, 7) is 2.02. The lowest BCUT2D eigenvalue weighted by molar-refractivity contribution is -0.139. The van der Waals surface area contributed by atoms with Crippen LogP contribution in [0.15, 0.2) is 47.1 Å². The predicted octanol–water partition coefficient (Wildman–Crippen LogP) is 1.77. The number of furan rings is 1. The molecule has 1 fully saturated rings. The first-order chi connectivity index (χ1) is 12.7. The lowest BCUT2D eigenvalue weighted by Crippen LogP contribution is -2.45. The van der Waals surface area contributed by atoms with E-state index >= 15 is 0 Å². The van der Waals surface area contributed by atoms with Gasteiger partial charge in [-0.2, -0.15) is 0 Å². The predicted molar refractivity (Wildman–Crippen MR) is 96.2 cm³/mol. The Hall–Kier alpha value is -2.60. The van der Waals surface area contributed by atoms with Crippen molar-refractivity contribution < 1.29 is 14.0 Å². The van der Waals surface area contributed by atoms with E-state index in [4.69, 9.17) is 4.42 Å². The molecule has 0 unspecified atom stereocenters. The largest absolute Gasteiger partial charge is 0.468 e. The second-order valence-electron chi connectivity index (χ2n) is 6.98. The fourth-order valence-electron chi connectivity index (χ4n) is 3.42. The number of hydrogen-bond acceptors (Lipinski definition) is 4. The lowest BCUT2D eigenvalue weighted by Gasteiger charge is -2.34. The van der Waals surface area contributed by atoms with Gasteiger partial charge in [0.1, 0.15) is 5.76 Å². The Bertz CT molecular complexity index is 783. The molecule has 2 aliphatic rings. The summed E-state index contributed by atoms with van der Waals surface area (Å²) in [5.41, 5.74) is 2.67. The highest BCUT2D eigenvalue weighted by molar-refractivity contribution is 6.35. The Morgan fingerprint density at radius 2 is 1.92 bits per heavy atom. The van der Waals surface area contributed by atoms with Crippen LogP contribution in [0.25, 0.3) is 0 Å². The average Bonchev–Trinajstić information content (AvgIpc) is 3.31. The lowest BCUT2D eigenvalue weighted by atomic mass is 9.98. The number of nitrogens with zero attached hydrogens (tertiary/aromatic N) is 1. The summed E-state index contributed by atoms with van der Waals surface area (Å²) in [6.07, 6.45) is 4.52. The van der Waals surface area contributed by atoms with Gasteiger partial charge in [-0.15, -0.1) is 0 Å². The zero-order valence-corrected chi connectivity index (χ0v) is 14.6. The van der Waals surface area contributed by atoms with Crippen LogP contribution in [0.5, 0.6) is 0 Å². The fraction of sp³-hybridized carbons (Fsp3) is 0.400. The third-order valence-corrected chi connectivity index (χ3v) is 5.05. The zero-order valence-electron chi connectivity index (χ0n) is 14.6. The molecule has 6 nitrogen and oxygen atoms in total. The molecule has 2 N–H and O–H groups in total. The first-order valence-corrected chi connectivity index (χ1v) is 9.13. The van der Waals surface area contributed by atoms with Gasteiger partial charge in [0, 0.05) is 25.7 Å². The van der Waals surface area contributed by atoms with Crippen molar-refractivity contribution in [3.63, 3.8) is 0 Å².